The fourth-order valence-electron chi connectivity index (χ4n) is 4.36. The zero-order chi connectivity index (χ0) is 30.2. The highest BCUT2D eigenvalue weighted by molar-refractivity contribution is 6.04. The van der Waals surface area contributed by atoms with Gasteiger partial charge in [-0.2, -0.15) is 0 Å². The minimum atomic E-state index is -0.900. The molecule has 1 aliphatic rings. The van der Waals surface area contributed by atoms with Crippen LogP contribution in [-0.2, 0) is 20.7 Å². The number of phenolic OH excluding ortho intramolecular Hbond substituents is 2. The molecule has 3 unspecified atom stereocenters. The Morgan fingerprint density at radius 1 is 1.27 bits per heavy atom. The molecule has 2 bridgehead atoms. The van der Waals surface area contributed by atoms with Crippen molar-refractivity contribution in [2.75, 3.05) is 31.4 Å². The Morgan fingerprint density at radius 2 is 1.98 bits per heavy atom. The number of carbonyl (C=O) groups is 2. The second-order valence-corrected chi connectivity index (χ2v) is 9.58. The van der Waals surface area contributed by atoms with Crippen LogP contribution >= 0.6 is 0 Å². The van der Waals surface area contributed by atoms with Gasteiger partial charge in [0.1, 0.15) is 17.6 Å². The molecule has 0 aliphatic carbocycles. The summed E-state index contributed by atoms with van der Waals surface area (Å²) in [4.78, 5) is 24.4. The zero-order valence-electron chi connectivity index (χ0n) is 24.2. The topological polar surface area (TPSA) is 163 Å². The Balaban J connectivity index is 0.00000391. The molecule has 1 aromatic carbocycles. The third kappa shape index (κ3) is 10.4. The van der Waals surface area contributed by atoms with Crippen molar-refractivity contribution in [3.8, 4) is 11.5 Å². The van der Waals surface area contributed by atoms with E-state index in [0.29, 0.717) is 35.7 Å². The maximum absolute atomic E-state index is 12.9. The predicted molar refractivity (Wildman–Crippen MR) is 158 cm³/mol. The number of carbonyl (C=O) groups excluding carboxylic acids is 2. The van der Waals surface area contributed by atoms with Crippen LogP contribution in [0, 0.1) is 5.92 Å². The Labute approximate surface area is 237 Å². The highest BCUT2D eigenvalue weighted by Crippen LogP contribution is 2.41. The normalized spacial score (nSPS) is 24.1. The number of methoxy groups -OCH3 is 1. The molecule has 7 N–H and O–H groups in total. The minimum absolute atomic E-state index is 0.0699. The lowest BCUT2D eigenvalue weighted by Crippen LogP contribution is -2.34. The van der Waals surface area contributed by atoms with Gasteiger partial charge in [-0.05, 0) is 51.0 Å². The molecule has 2 amide bonds. The number of nitrogens with two attached hydrogens (primary N) is 1. The maximum atomic E-state index is 12.9. The molecule has 10 heteroatoms. The summed E-state index contributed by atoms with van der Waals surface area (Å²) in [6.45, 7) is 9.75. The maximum Gasteiger partial charge on any atom is 0.405 e. The molecule has 0 spiro atoms. The minimum Gasteiger partial charge on any atom is -0.506 e. The molecule has 0 radical (unpaired) electrons. The first-order chi connectivity index (χ1) is 19.1. The van der Waals surface area contributed by atoms with E-state index in [1.54, 1.807) is 31.2 Å². The molecule has 2 rings (SSSR count). The Hall–Kier alpha value is -3.76. The highest BCUT2D eigenvalue weighted by atomic mass is 16.6. The van der Waals surface area contributed by atoms with Gasteiger partial charge < -0.3 is 41.2 Å². The van der Waals surface area contributed by atoms with Crippen LogP contribution in [-0.4, -0.2) is 60.3 Å². The Bertz CT molecular complexity index is 1100. The van der Waals surface area contributed by atoms with Crippen LogP contribution < -0.4 is 16.4 Å². The molecule has 0 aromatic heterocycles. The van der Waals surface area contributed by atoms with Gasteiger partial charge in [0.05, 0.1) is 11.4 Å². The number of fused-ring (bicyclic) bond motifs is 2. The largest absolute Gasteiger partial charge is 0.506 e. The van der Waals surface area contributed by atoms with Gasteiger partial charge in [0.25, 0.3) is 5.91 Å². The van der Waals surface area contributed by atoms with Gasteiger partial charge in [0.2, 0.25) is 0 Å². The van der Waals surface area contributed by atoms with Gasteiger partial charge in [0.15, 0.2) is 6.10 Å². The first-order valence-electron chi connectivity index (χ1n) is 13.3. The number of primary amides is 1. The van der Waals surface area contributed by atoms with Crippen LogP contribution in [0.15, 0.2) is 54.2 Å². The van der Waals surface area contributed by atoms with Gasteiger partial charge in [-0.1, -0.05) is 43.7 Å². The predicted octanol–water partition coefficient (Wildman–Crippen LogP) is 4.92. The van der Waals surface area contributed by atoms with Gasteiger partial charge in [0, 0.05) is 38.0 Å². The van der Waals surface area contributed by atoms with Crippen molar-refractivity contribution in [2.45, 2.75) is 65.1 Å². The van der Waals surface area contributed by atoms with Crippen LogP contribution in [0.2, 0.25) is 0 Å². The fourth-order valence-corrected chi connectivity index (χ4v) is 4.36. The Kier molecular flexibility index (Phi) is 15.2. The average Bonchev–Trinajstić information content (AvgIpc) is 2.92. The Morgan fingerprint density at radius 3 is 2.60 bits per heavy atom. The third-order valence-corrected chi connectivity index (χ3v) is 6.57. The summed E-state index contributed by atoms with van der Waals surface area (Å²) in [6, 6.07) is 1.33. The lowest BCUT2D eigenvalue weighted by molar-refractivity contribution is -0.112. The van der Waals surface area contributed by atoms with Crippen LogP contribution in [0.5, 0.6) is 11.5 Å². The SMILES string of the molecule is C=CCNc1c(O)cc2c(O)c1CCCC(C)CC/C=C(\C)C(OC(N)=O)C(OC)/C=C\C=C(/C)C(=O)N2.CO. The summed E-state index contributed by atoms with van der Waals surface area (Å²) in [7, 11) is 2.50. The average molecular weight is 560 g/mol. The van der Waals surface area contributed by atoms with Crippen LogP contribution in [0.1, 0.15) is 52.0 Å². The van der Waals surface area contributed by atoms with Crippen molar-refractivity contribution >= 4 is 23.4 Å². The number of benzene rings is 1. The standard InChI is InChI=1S/C29H41N3O6.CH4O/c1-6-16-31-25-21-14-8-11-18(2)10-7-12-19(3)27(38-29(30)36)24(37-5)15-9-13-20(4)28(35)32-22(26(21)34)17-23(25)33;1-2/h6,9,12-13,15,17-18,24,27,31,33-34H,1,7-8,10-11,14,16H2,2-5H3,(H2,30,36)(H,32,35);2H,1H3/b15-9-,19-12+,20-13+;. The smallest absolute Gasteiger partial charge is 0.405 e. The van der Waals surface area contributed by atoms with E-state index in [-0.39, 0.29) is 17.2 Å². The van der Waals surface area contributed by atoms with Crippen molar-refractivity contribution < 1.29 is 34.4 Å². The summed E-state index contributed by atoms with van der Waals surface area (Å²) in [5.74, 6) is -0.228. The molecule has 10 nitrogen and oxygen atoms in total. The van der Waals surface area contributed by atoms with Crippen LogP contribution in [0.25, 0.3) is 0 Å². The molecule has 40 heavy (non-hydrogen) atoms. The summed E-state index contributed by atoms with van der Waals surface area (Å²) in [5.41, 5.74) is 7.57. The van der Waals surface area contributed by atoms with E-state index in [4.69, 9.17) is 20.3 Å². The number of aliphatic hydroxyl groups is 1. The molecular formula is C30H45N3O7. The molecule has 1 aliphatic heterocycles. The number of ether oxygens (including phenoxy) is 2. The molecule has 1 heterocycles. The van der Waals surface area contributed by atoms with Gasteiger partial charge >= 0.3 is 6.09 Å². The number of rotatable bonds is 5. The number of allylic oxidation sites excluding steroid dienone is 3. The lowest BCUT2D eigenvalue weighted by atomic mass is 9.94. The molecule has 1 aromatic rings. The number of hydrogen-bond donors (Lipinski definition) is 6. The quantitative estimate of drug-likeness (QED) is 0.168. The second-order valence-electron chi connectivity index (χ2n) is 9.58. The van der Waals surface area contributed by atoms with Crippen molar-refractivity contribution in [3.05, 3.63) is 59.7 Å². The fraction of sp³-hybridized carbons (Fsp3) is 0.467. The first-order valence-corrected chi connectivity index (χ1v) is 13.3. The molecular weight excluding hydrogens is 514 g/mol. The second kappa shape index (κ2) is 17.8. The van der Waals surface area contributed by atoms with Crippen molar-refractivity contribution in [2.24, 2.45) is 11.7 Å². The van der Waals surface area contributed by atoms with E-state index in [2.05, 4.69) is 24.1 Å². The molecule has 0 fully saturated rings. The number of aromatic hydroxyl groups is 2. The van der Waals surface area contributed by atoms with E-state index >= 15 is 0 Å². The first kappa shape index (κ1) is 34.3. The van der Waals surface area contributed by atoms with Crippen molar-refractivity contribution in [3.63, 3.8) is 0 Å². The van der Waals surface area contributed by atoms with Crippen molar-refractivity contribution in [1.29, 1.82) is 0 Å². The van der Waals surface area contributed by atoms with E-state index < -0.39 is 24.2 Å². The molecule has 0 saturated heterocycles. The number of nitrogens with one attached hydrogen (secondary N) is 2. The van der Waals surface area contributed by atoms with E-state index in [9.17, 15) is 19.8 Å². The summed E-state index contributed by atoms with van der Waals surface area (Å²) in [5, 5.41) is 34.5. The highest BCUT2D eigenvalue weighted by Gasteiger charge is 2.24. The number of phenols is 2. The monoisotopic (exact) mass is 559 g/mol. The number of aliphatic hydroxyl groups excluding tert-OH is 1. The van der Waals surface area contributed by atoms with Crippen LogP contribution in [0.4, 0.5) is 16.2 Å². The summed E-state index contributed by atoms with van der Waals surface area (Å²) < 4.78 is 10.9. The molecule has 222 valence electrons. The van der Waals surface area contributed by atoms with E-state index in [0.717, 1.165) is 38.4 Å². The van der Waals surface area contributed by atoms with Gasteiger partial charge in [-0.3, -0.25) is 4.79 Å². The van der Waals surface area contributed by atoms with Gasteiger partial charge in [-0.15, -0.1) is 6.58 Å². The van der Waals surface area contributed by atoms with Crippen molar-refractivity contribution in [1.82, 2.24) is 0 Å². The summed E-state index contributed by atoms with van der Waals surface area (Å²) >= 11 is 0. The van der Waals surface area contributed by atoms with E-state index in [1.807, 2.05) is 13.0 Å². The zero-order valence-corrected chi connectivity index (χ0v) is 24.2. The third-order valence-electron chi connectivity index (χ3n) is 6.57. The number of amides is 2. The lowest BCUT2D eigenvalue weighted by Gasteiger charge is -2.24. The number of anilines is 2. The van der Waals surface area contributed by atoms with Gasteiger partial charge in [-0.25, -0.2) is 4.79 Å². The van der Waals surface area contributed by atoms with E-state index in [1.165, 1.54) is 13.2 Å². The van der Waals surface area contributed by atoms with Crippen LogP contribution in [0.3, 0.4) is 0 Å². The molecule has 0 saturated carbocycles. The number of hydrogen-bond acceptors (Lipinski definition) is 8. The molecule has 3 atom stereocenters. The summed E-state index contributed by atoms with van der Waals surface area (Å²) in [6.07, 6.45) is 10.2.